The van der Waals surface area contributed by atoms with Crippen LogP contribution in [-0.2, 0) is 6.54 Å². The first kappa shape index (κ1) is 18.4. The first-order valence-electron chi connectivity index (χ1n) is 10.3. The van der Waals surface area contributed by atoms with E-state index in [1.54, 1.807) is 0 Å². The summed E-state index contributed by atoms with van der Waals surface area (Å²) in [4.78, 5) is 15.0. The Bertz CT molecular complexity index is 795. The lowest BCUT2D eigenvalue weighted by Gasteiger charge is -2.33. The Hall–Kier alpha value is -1.00. The van der Waals surface area contributed by atoms with E-state index in [-0.39, 0.29) is 0 Å². The van der Waals surface area contributed by atoms with Gasteiger partial charge in [0.15, 0.2) is 0 Å². The predicted octanol–water partition coefficient (Wildman–Crippen LogP) is 6.06. The minimum atomic E-state index is 0.291. The van der Waals surface area contributed by atoms with Crippen molar-refractivity contribution in [3.8, 4) is 0 Å². The molecule has 1 saturated carbocycles. The summed E-state index contributed by atoms with van der Waals surface area (Å²) in [6, 6.07) is 2.43. The van der Waals surface area contributed by atoms with E-state index in [1.807, 2.05) is 18.3 Å². The summed E-state index contributed by atoms with van der Waals surface area (Å²) < 4.78 is 0. The molecule has 1 aliphatic heterocycles. The molecule has 2 aromatic rings. The molecule has 0 radical (unpaired) electrons. The van der Waals surface area contributed by atoms with Crippen LogP contribution in [0.5, 0.6) is 0 Å². The van der Waals surface area contributed by atoms with Gasteiger partial charge in [0.2, 0.25) is 0 Å². The maximum atomic E-state index is 4.87. The van der Waals surface area contributed by atoms with Gasteiger partial charge in [-0.1, -0.05) is 13.8 Å². The molecule has 142 valence electrons. The van der Waals surface area contributed by atoms with Crippen LogP contribution in [0.15, 0.2) is 6.07 Å². The van der Waals surface area contributed by atoms with Crippen molar-refractivity contribution in [2.24, 2.45) is 5.41 Å². The Morgan fingerprint density at radius 1 is 1.12 bits per heavy atom. The molecule has 0 aromatic carbocycles. The van der Waals surface area contributed by atoms with Crippen LogP contribution >= 0.6 is 11.3 Å². The van der Waals surface area contributed by atoms with Gasteiger partial charge in [-0.2, -0.15) is 0 Å². The van der Waals surface area contributed by atoms with Crippen LogP contribution in [0.4, 0.5) is 0 Å². The fourth-order valence-electron chi connectivity index (χ4n) is 4.76. The molecular weight excluding hydrogens is 338 g/mol. The zero-order valence-corrected chi connectivity index (χ0v) is 17.9. The first-order chi connectivity index (χ1) is 12.2. The topological polar surface area (TPSA) is 29.0 Å². The lowest BCUT2D eigenvalue weighted by molar-refractivity contribution is 0.165. The van der Waals surface area contributed by atoms with Gasteiger partial charge in [0, 0.05) is 22.3 Å². The third-order valence-corrected chi connectivity index (χ3v) is 7.95. The maximum absolute atomic E-state index is 4.87. The van der Waals surface area contributed by atoms with Crippen LogP contribution in [0.2, 0.25) is 0 Å². The number of likely N-dealkylation sites (tertiary alicyclic amines) is 1. The normalized spacial score (nSPS) is 23.7. The van der Waals surface area contributed by atoms with Crippen molar-refractivity contribution >= 4 is 21.6 Å². The van der Waals surface area contributed by atoms with Crippen LogP contribution in [0.25, 0.3) is 10.2 Å². The first-order valence-corrected chi connectivity index (χ1v) is 11.1. The number of rotatable bonds is 3. The zero-order chi connectivity index (χ0) is 18.5. The molecule has 2 fully saturated rings. The quantitative estimate of drug-likeness (QED) is 0.657. The van der Waals surface area contributed by atoms with E-state index in [9.17, 15) is 0 Å². The third kappa shape index (κ3) is 3.55. The van der Waals surface area contributed by atoms with Gasteiger partial charge < -0.3 is 0 Å². The summed E-state index contributed by atoms with van der Waals surface area (Å²) in [5.74, 6) is 1.64. The number of nitrogens with zero attached hydrogens (tertiary/aromatic N) is 3. The molecule has 1 aliphatic carbocycles. The van der Waals surface area contributed by atoms with Crippen molar-refractivity contribution in [2.75, 3.05) is 6.54 Å². The van der Waals surface area contributed by atoms with Crippen LogP contribution in [0.1, 0.15) is 88.5 Å². The number of aryl methyl sites for hydroxylation is 1. The van der Waals surface area contributed by atoms with E-state index in [1.165, 1.54) is 65.9 Å². The van der Waals surface area contributed by atoms with Crippen molar-refractivity contribution in [3.63, 3.8) is 0 Å². The Balaban J connectivity index is 1.63. The van der Waals surface area contributed by atoms with E-state index in [0.717, 1.165) is 18.3 Å². The van der Waals surface area contributed by atoms with Gasteiger partial charge in [-0.25, -0.2) is 9.97 Å². The monoisotopic (exact) mass is 371 g/mol. The highest BCUT2D eigenvalue weighted by Crippen LogP contribution is 2.45. The standard InChI is InChI=1S/C22H33N3S/c1-15-23-18(14-25-12-6-9-22(25,4)5)17-13-19(26-20(17)24-15)16-7-10-21(2,3)11-8-16/h13,16H,6-12,14H2,1-5H3. The van der Waals surface area contributed by atoms with Gasteiger partial charge in [0.25, 0.3) is 0 Å². The second-order valence-electron chi connectivity index (χ2n) is 9.86. The lowest BCUT2D eigenvalue weighted by atomic mass is 9.73. The van der Waals surface area contributed by atoms with Crippen molar-refractivity contribution in [1.29, 1.82) is 0 Å². The lowest BCUT2D eigenvalue weighted by Crippen LogP contribution is -2.37. The molecule has 26 heavy (non-hydrogen) atoms. The highest BCUT2D eigenvalue weighted by Gasteiger charge is 2.33. The highest BCUT2D eigenvalue weighted by molar-refractivity contribution is 7.18. The number of thiophene rings is 1. The fraction of sp³-hybridized carbons (Fsp3) is 0.727. The molecule has 1 saturated heterocycles. The number of aromatic nitrogens is 2. The molecule has 2 aromatic heterocycles. The average Bonchev–Trinajstić information content (AvgIpc) is 3.11. The zero-order valence-electron chi connectivity index (χ0n) is 17.1. The maximum Gasteiger partial charge on any atom is 0.127 e. The van der Waals surface area contributed by atoms with Crippen molar-refractivity contribution in [1.82, 2.24) is 14.9 Å². The molecule has 0 bridgehead atoms. The van der Waals surface area contributed by atoms with E-state index in [4.69, 9.17) is 9.97 Å². The van der Waals surface area contributed by atoms with Crippen LogP contribution < -0.4 is 0 Å². The van der Waals surface area contributed by atoms with Gasteiger partial charge in [0.05, 0.1) is 5.69 Å². The Morgan fingerprint density at radius 3 is 2.50 bits per heavy atom. The molecule has 0 N–H and O–H groups in total. The Kier molecular flexibility index (Phi) is 4.63. The summed E-state index contributed by atoms with van der Waals surface area (Å²) in [5.41, 5.74) is 2.05. The highest BCUT2D eigenvalue weighted by atomic mass is 32.1. The van der Waals surface area contributed by atoms with Crippen molar-refractivity contribution in [2.45, 2.75) is 91.1 Å². The smallest absolute Gasteiger partial charge is 0.127 e. The molecule has 2 aliphatic rings. The third-order valence-electron chi connectivity index (χ3n) is 6.76. The molecule has 4 heteroatoms. The minimum Gasteiger partial charge on any atom is -0.292 e. The summed E-state index contributed by atoms with van der Waals surface area (Å²) in [6.45, 7) is 13.8. The van der Waals surface area contributed by atoms with Crippen LogP contribution in [-0.4, -0.2) is 27.0 Å². The van der Waals surface area contributed by atoms with Crippen LogP contribution in [0.3, 0.4) is 0 Å². The Labute approximate surface area is 162 Å². The summed E-state index contributed by atoms with van der Waals surface area (Å²) >= 11 is 1.92. The summed E-state index contributed by atoms with van der Waals surface area (Å²) in [5, 5.41) is 1.31. The SMILES string of the molecule is Cc1nc(CN2CCCC2(C)C)c2cc(C3CCC(C)(C)CC3)sc2n1. The number of fused-ring (bicyclic) bond motifs is 1. The molecule has 0 atom stereocenters. The molecule has 4 rings (SSSR count). The molecule has 0 amide bonds. The summed E-state index contributed by atoms with van der Waals surface area (Å²) in [6.07, 6.45) is 7.90. The molecular formula is C22H33N3S. The van der Waals surface area contributed by atoms with Crippen LogP contribution in [0, 0.1) is 12.3 Å². The Morgan fingerprint density at radius 2 is 1.85 bits per heavy atom. The molecule has 3 heterocycles. The summed E-state index contributed by atoms with van der Waals surface area (Å²) in [7, 11) is 0. The predicted molar refractivity (Wildman–Crippen MR) is 111 cm³/mol. The van der Waals surface area contributed by atoms with E-state index < -0.39 is 0 Å². The molecule has 3 nitrogen and oxygen atoms in total. The van der Waals surface area contributed by atoms with Gasteiger partial charge in [-0.3, -0.25) is 4.90 Å². The van der Waals surface area contributed by atoms with Crippen molar-refractivity contribution in [3.05, 3.63) is 22.5 Å². The van der Waals surface area contributed by atoms with Crippen molar-refractivity contribution < 1.29 is 0 Å². The van der Waals surface area contributed by atoms with Gasteiger partial charge in [-0.15, -0.1) is 11.3 Å². The largest absolute Gasteiger partial charge is 0.292 e. The minimum absolute atomic E-state index is 0.291. The number of hydrogen-bond donors (Lipinski definition) is 0. The average molecular weight is 372 g/mol. The molecule has 0 unspecified atom stereocenters. The van der Waals surface area contributed by atoms with E-state index >= 15 is 0 Å². The fourth-order valence-corrected chi connectivity index (χ4v) is 6.03. The van der Waals surface area contributed by atoms with Gasteiger partial charge >= 0.3 is 0 Å². The number of hydrogen-bond acceptors (Lipinski definition) is 4. The second kappa shape index (κ2) is 6.56. The molecule has 0 spiro atoms. The second-order valence-corrected chi connectivity index (χ2v) is 10.9. The van der Waals surface area contributed by atoms with Gasteiger partial charge in [0.1, 0.15) is 10.7 Å². The van der Waals surface area contributed by atoms with E-state index in [0.29, 0.717) is 11.0 Å². The van der Waals surface area contributed by atoms with Gasteiger partial charge in [-0.05, 0) is 83.2 Å². The van der Waals surface area contributed by atoms with E-state index in [2.05, 4.69) is 38.7 Å².